The van der Waals surface area contributed by atoms with Crippen molar-refractivity contribution in [1.29, 1.82) is 0 Å². The molecule has 1 aliphatic carbocycles. The first-order valence-electron chi connectivity index (χ1n) is 12.8. The fraction of sp³-hybridized carbons (Fsp3) is 0.500. The highest BCUT2D eigenvalue weighted by Crippen LogP contribution is 2.50. The average molecular weight is 493 g/mol. The molecule has 0 unspecified atom stereocenters. The molecule has 6 nitrogen and oxygen atoms in total. The van der Waals surface area contributed by atoms with Crippen LogP contribution >= 0.6 is 0 Å². The van der Waals surface area contributed by atoms with Crippen molar-refractivity contribution in [3.05, 3.63) is 53.1 Å². The molecule has 1 aliphatic heterocycles. The van der Waals surface area contributed by atoms with Gasteiger partial charge >= 0.3 is 0 Å². The Morgan fingerprint density at radius 2 is 1.64 bits per heavy atom. The molecule has 2 aliphatic rings. The molecule has 36 heavy (non-hydrogen) atoms. The van der Waals surface area contributed by atoms with Gasteiger partial charge < -0.3 is 24.1 Å². The van der Waals surface area contributed by atoms with Gasteiger partial charge in [0, 0.05) is 30.8 Å². The third kappa shape index (κ3) is 5.76. The highest BCUT2D eigenvalue weighted by molar-refractivity contribution is 5.85. The minimum atomic E-state index is -1.22. The van der Waals surface area contributed by atoms with Crippen LogP contribution in [0.4, 0.5) is 0 Å². The Kier molecular flexibility index (Phi) is 7.76. The lowest BCUT2D eigenvalue weighted by atomic mass is 9.62. The highest BCUT2D eigenvalue weighted by atomic mass is 16.5. The molecule has 0 saturated carbocycles. The summed E-state index contributed by atoms with van der Waals surface area (Å²) in [5, 5.41) is 11.0. The van der Waals surface area contributed by atoms with Gasteiger partial charge in [-0.25, -0.2) is 0 Å². The van der Waals surface area contributed by atoms with Crippen LogP contribution in [0.1, 0.15) is 57.2 Å². The number of carboxylic acid groups (broad SMARTS) is 1. The summed E-state index contributed by atoms with van der Waals surface area (Å²) in [6, 6.07) is 10.2. The summed E-state index contributed by atoms with van der Waals surface area (Å²) >= 11 is 0. The average Bonchev–Trinajstić information content (AvgIpc) is 2.86. The van der Waals surface area contributed by atoms with E-state index in [9.17, 15) is 9.90 Å². The number of rotatable bonds is 8. The van der Waals surface area contributed by atoms with E-state index in [1.807, 2.05) is 18.2 Å². The Labute approximate surface area is 214 Å². The number of nitrogens with zero attached hydrogens (tertiary/aromatic N) is 1. The highest BCUT2D eigenvalue weighted by Gasteiger charge is 2.38. The minimum absolute atomic E-state index is 0.0334. The van der Waals surface area contributed by atoms with E-state index in [1.165, 1.54) is 11.1 Å². The third-order valence-corrected chi connectivity index (χ3v) is 7.65. The molecule has 1 heterocycles. The van der Waals surface area contributed by atoms with Crippen molar-refractivity contribution >= 4 is 12.0 Å². The van der Waals surface area contributed by atoms with E-state index in [1.54, 1.807) is 13.2 Å². The van der Waals surface area contributed by atoms with E-state index >= 15 is 0 Å². The van der Waals surface area contributed by atoms with Gasteiger partial charge in [0.15, 0.2) is 0 Å². The largest absolute Gasteiger partial charge is 0.545 e. The number of carboxylic acids is 1. The number of methoxy groups -OCH3 is 1. The third-order valence-electron chi connectivity index (χ3n) is 7.65. The van der Waals surface area contributed by atoms with Gasteiger partial charge in [0.1, 0.15) is 18.1 Å². The first kappa shape index (κ1) is 26.2. The molecule has 0 radical (unpaired) electrons. The minimum Gasteiger partial charge on any atom is -0.545 e. The van der Waals surface area contributed by atoms with Crippen molar-refractivity contribution in [3.8, 4) is 22.6 Å². The number of hydrogen-bond donors (Lipinski definition) is 0. The number of carbonyl (C=O) groups excluding carboxylic acids is 1. The number of hydrogen-bond acceptors (Lipinski definition) is 6. The van der Waals surface area contributed by atoms with Crippen LogP contribution in [0.5, 0.6) is 11.5 Å². The van der Waals surface area contributed by atoms with Crippen LogP contribution in [0.15, 0.2) is 36.4 Å². The molecule has 6 heteroatoms. The normalized spacial score (nSPS) is 19.1. The Bertz CT molecular complexity index is 1130. The predicted molar refractivity (Wildman–Crippen MR) is 141 cm³/mol. The number of carbonyl (C=O) groups is 1. The molecular weight excluding hydrogens is 454 g/mol. The summed E-state index contributed by atoms with van der Waals surface area (Å²) in [7, 11) is 1.65. The van der Waals surface area contributed by atoms with Gasteiger partial charge in [0.25, 0.3) is 0 Å². The molecule has 0 N–H and O–H groups in total. The zero-order valence-electron chi connectivity index (χ0n) is 22.2. The fourth-order valence-corrected chi connectivity index (χ4v) is 5.24. The molecule has 2 aromatic rings. The molecule has 194 valence electrons. The maximum absolute atomic E-state index is 11.0. The second-order valence-corrected chi connectivity index (χ2v) is 11.1. The van der Waals surface area contributed by atoms with Gasteiger partial charge in [-0.3, -0.25) is 4.90 Å². The summed E-state index contributed by atoms with van der Waals surface area (Å²) in [5.41, 5.74) is 5.33. The van der Waals surface area contributed by atoms with Gasteiger partial charge in [-0.15, -0.1) is 0 Å². The number of fused-ring (bicyclic) bond motifs is 1. The maximum Gasteiger partial charge on any atom is 0.127 e. The lowest BCUT2D eigenvalue weighted by Crippen LogP contribution is -2.38. The zero-order valence-corrected chi connectivity index (χ0v) is 22.2. The van der Waals surface area contributed by atoms with Crippen LogP contribution in [-0.2, 0) is 20.4 Å². The van der Waals surface area contributed by atoms with Gasteiger partial charge in [-0.2, -0.15) is 0 Å². The molecule has 2 aromatic carbocycles. The molecule has 1 fully saturated rings. The topological polar surface area (TPSA) is 71.1 Å². The second kappa shape index (κ2) is 10.7. The van der Waals surface area contributed by atoms with Crippen molar-refractivity contribution in [2.75, 3.05) is 46.6 Å². The van der Waals surface area contributed by atoms with Crippen molar-refractivity contribution in [3.63, 3.8) is 0 Å². The first-order valence-corrected chi connectivity index (χ1v) is 12.8. The molecule has 0 bridgehead atoms. The lowest BCUT2D eigenvalue weighted by Gasteiger charge is -2.42. The van der Waals surface area contributed by atoms with E-state index in [-0.39, 0.29) is 10.8 Å². The van der Waals surface area contributed by atoms with E-state index < -0.39 is 5.97 Å². The van der Waals surface area contributed by atoms with Crippen LogP contribution < -0.4 is 14.6 Å². The lowest BCUT2D eigenvalue weighted by molar-refractivity contribution is -0.297. The van der Waals surface area contributed by atoms with Crippen LogP contribution in [0.3, 0.4) is 0 Å². The molecule has 1 saturated heterocycles. The smallest absolute Gasteiger partial charge is 0.127 e. The van der Waals surface area contributed by atoms with Crippen LogP contribution in [-0.4, -0.2) is 57.4 Å². The Balaban J connectivity index is 1.80. The fourth-order valence-electron chi connectivity index (χ4n) is 5.24. The van der Waals surface area contributed by atoms with Gasteiger partial charge in [-0.05, 0) is 70.7 Å². The summed E-state index contributed by atoms with van der Waals surface area (Å²) in [6.07, 6.45) is 4.81. The summed E-state index contributed by atoms with van der Waals surface area (Å²) in [4.78, 5) is 13.4. The second-order valence-electron chi connectivity index (χ2n) is 11.1. The van der Waals surface area contributed by atoms with Crippen LogP contribution in [0.25, 0.3) is 17.2 Å². The number of morpholine rings is 1. The van der Waals surface area contributed by atoms with Gasteiger partial charge in [-0.1, -0.05) is 39.8 Å². The summed E-state index contributed by atoms with van der Waals surface area (Å²) in [5.74, 6) is 0.316. The maximum atomic E-state index is 11.0. The van der Waals surface area contributed by atoms with E-state index in [2.05, 4.69) is 44.7 Å². The van der Waals surface area contributed by atoms with E-state index in [0.29, 0.717) is 12.4 Å². The standard InChI is InChI=1S/C30H39NO5/c1-29(2)10-11-30(3,4)25-20-27(36-17-14-31-12-15-35-16-13-31)23(19-24(25)29)22-18-21(7-9-28(32)33)6-8-26(22)34-5/h6-9,18-20H,10-17H2,1-5H3,(H,32,33)/p-1/b9-7+. The number of aliphatic carboxylic acids is 1. The summed E-state index contributed by atoms with van der Waals surface area (Å²) < 4.78 is 17.7. The van der Waals surface area contributed by atoms with Crippen molar-refractivity contribution in [2.45, 2.75) is 51.4 Å². The van der Waals surface area contributed by atoms with Gasteiger partial charge in [0.05, 0.1) is 26.3 Å². The number of ether oxygens (including phenoxy) is 3. The van der Waals surface area contributed by atoms with Crippen molar-refractivity contribution in [2.24, 2.45) is 0 Å². The zero-order chi connectivity index (χ0) is 25.9. The summed E-state index contributed by atoms with van der Waals surface area (Å²) in [6.45, 7) is 14.0. The van der Waals surface area contributed by atoms with E-state index in [4.69, 9.17) is 14.2 Å². The van der Waals surface area contributed by atoms with Crippen LogP contribution in [0.2, 0.25) is 0 Å². The molecule has 0 amide bonds. The van der Waals surface area contributed by atoms with Crippen molar-refractivity contribution in [1.82, 2.24) is 4.90 Å². The Morgan fingerprint density at radius 1 is 1.00 bits per heavy atom. The quantitative estimate of drug-likeness (QED) is 0.515. The molecule has 0 aromatic heterocycles. The van der Waals surface area contributed by atoms with E-state index in [0.717, 1.165) is 74.2 Å². The SMILES string of the molecule is COc1ccc(/C=C/C(=O)[O-])cc1-c1cc2c(cc1OCCN1CCOCC1)C(C)(C)CCC2(C)C. The monoisotopic (exact) mass is 492 g/mol. The van der Waals surface area contributed by atoms with Gasteiger partial charge in [0.2, 0.25) is 0 Å². The Morgan fingerprint density at radius 3 is 2.28 bits per heavy atom. The molecule has 0 atom stereocenters. The van der Waals surface area contributed by atoms with Crippen LogP contribution in [0, 0.1) is 0 Å². The predicted octanol–water partition coefficient (Wildman–Crippen LogP) is 4.19. The van der Waals surface area contributed by atoms with Crippen molar-refractivity contribution < 1.29 is 24.1 Å². The number of benzene rings is 2. The first-order chi connectivity index (χ1) is 17.1. The molecule has 4 rings (SSSR count). The molecule has 0 spiro atoms. The Hall–Kier alpha value is -2.83. The molecular formula is C30H38NO5-.